The molecule has 1 saturated heterocycles. The normalized spacial score (nSPS) is 15.7. The van der Waals surface area contributed by atoms with Gasteiger partial charge in [-0.05, 0) is 129 Å². The molecule has 0 bridgehead atoms. The molecule has 4 unspecified atom stereocenters. The smallest absolute Gasteiger partial charge is 0.246 e. The minimum Gasteiger partial charge on any atom is -0.508 e. The zero-order valence-corrected chi connectivity index (χ0v) is 43.2. The Morgan fingerprint density at radius 3 is 2.18 bits per heavy atom. The van der Waals surface area contributed by atoms with Crippen molar-refractivity contribution < 1.29 is 39.2 Å². The Hall–Kier alpha value is -6.13. The van der Waals surface area contributed by atoms with Crippen molar-refractivity contribution in [2.75, 3.05) is 32.8 Å². The van der Waals surface area contributed by atoms with Gasteiger partial charge in [0.2, 0.25) is 17.7 Å². The summed E-state index contributed by atoms with van der Waals surface area (Å²) in [5.74, 6) is -0.114. The summed E-state index contributed by atoms with van der Waals surface area (Å²) in [4.78, 5) is 65.1. The van der Waals surface area contributed by atoms with Gasteiger partial charge in [-0.2, -0.15) is 0 Å². The molecule has 0 aliphatic carbocycles. The number of aliphatic hydroxyl groups is 1. The lowest BCUT2D eigenvalue weighted by atomic mass is 9.85. The number of nitrogens with zero attached hydrogens (tertiary/aromatic N) is 3. The van der Waals surface area contributed by atoms with Crippen molar-refractivity contribution in [1.82, 2.24) is 25.4 Å². The number of aliphatic hydroxyl groups excluding tert-OH is 1. The summed E-state index contributed by atoms with van der Waals surface area (Å²) in [6, 6.07) is 24.9. The van der Waals surface area contributed by atoms with Crippen LogP contribution in [0.15, 0.2) is 96.5 Å². The van der Waals surface area contributed by atoms with E-state index in [-0.39, 0.29) is 60.4 Å². The number of thiophene rings is 1. The molecule has 1 aliphatic rings. The van der Waals surface area contributed by atoms with Gasteiger partial charge in [-0.15, -0.1) is 22.7 Å². The molecule has 4 aromatic carbocycles. The van der Waals surface area contributed by atoms with Crippen LogP contribution in [0, 0.1) is 12.3 Å². The van der Waals surface area contributed by atoms with Crippen LogP contribution in [0.5, 0.6) is 17.2 Å². The Bertz CT molecular complexity index is 2770. The Morgan fingerprint density at radius 2 is 1.51 bits per heavy atom. The van der Waals surface area contributed by atoms with Crippen LogP contribution in [0.3, 0.4) is 0 Å². The topological polar surface area (TPSA) is 182 Å². The fourth-order valence-electron chi connectivity index (χ4n) is 9.09. The molecule has 1 fully saturated rings. The Morgan fingerprint density at radius 1 is 0.845 bits per heavy atom. The number of ketones is 1. The van der Waals surface area contributed by atoms with Crippen LogP contribution in [-0.4, -0.2) is 105 Å². The van der Waals surface area contributed by atoms with Crippen molar-refractivity contribution in [3.05, 3.63) is 119 Å². The number of ether oxygens (including phenoxy) is 1. The molecule has 15 heteroatoms. The van der Waals surface area contributed by atoms with E-state index in [0.29, 0.717) is 29.9 Å². The molecule has 13 nitrogen and oxygen atoms in total. The van der Waals surface area contributed by atoms with E-state index in [2.05, 4.69) is 27.4 Å². The van der Waals surface area contributed by atoms with Crippen molar-refractivity contribution in [2.45, 2.75) is 111 Å². The summed E-state index contributed by atoms with van der Waals surface area (Å²) in [6.45, 7) is 14.7. The van der Waals surface area contributed by atoms with E-state index in [0.717, 1.165) is 87.5 Å². The van der Waals surface area contributed by atoms with E-state index in [1.165, 1.54) is 16.2 Å². The van der Waals surface area contributed by atoms with Gasteiger partial charge in [-0.1, -0.05) is 71.2 Å². The van der Waals surface area contributed by atoms with E-state index in [4.69, 9.17) is 4.74 Å². The van der Waals surface area contributed by atoms with Crippen LogP contribution in [-0.2, 0) is 14.4 Å². The zero-order chi connectivity index (χ0) is 50.8. The number of benzene rings is 4. The van der Waals surface area contributed by atoms with Gasteiger partial charge >= 0.3 is 0 Å². The highest BCUT2D eigenvalue weighted by Crippen LogP contribution is 2.42. The molecule has 7 rings (SSSR count). The Balaban J connectivity index is 0.813. The second-order valence-corrected chi connectivity index (χ2v) is 21.5. The largest absolute Gasteiger partial charge is 0.508 e. The van der Waals surface area contributed by atoms with E-state index in [1.807, 2.05) is 76.5 Å². The van der Waals surface area contributed by atoms with Crippen molar-refractivity contribution in [1.29, 1.82) is 0 Å². The average Bonchev–Trinajstić information content (AvgIpc) is 4.08. The number of unbranched alkanes of at least 4 members (excludes halogenated alkanes) is 4. The van der Waals surface area contributed by atoms with Crippen LogP contribution in [0.2, 0.25) is 0 Å². The molecule has 0 spiro atoms. The molecule has 6 aromatic rings. The number of hydrogen-bond donors (Lipinski definition) is 5. The highest BCUT2D eigenvalue weighted by atomic mass is 32.1. The first kappa shape index (κ1) is 52.7. The summed E-state index contributed by atoms with van der Waals surface area (Å²) in [5.41, 5.74) is 6.01. The third-order valence-corrected chi connectivity index (χ3v) is 15.4. The number of nitrogens with one attached hydrogen (secondary N) is 2. The highest BCUT2D eigenvalue weighted by Gasteiger charge is 2.44. The highest BCUT2D eigenvalue weighted by molar-refractivity contribution is 7.22. The van der Waals surface area contributed by atoms with Crippen molar-refractivity contribution in [2.24, 2.45) is 5.41 Å². The summed E-state index contributed by atoms with van der Waals surface area (Å²) < 4.78 is 6.89. The second kappa shape index (κ2) is 23.9. The number of amides is 3. The fourth-order valence-corrected chi connectivity index (χ4v) is 11.1. The minimum atomic E-state index is -0.870. The number of hydrogen-bond acceptors (Lipinski definition) is 12. The number of likely N-dealkylation sites (N-methyl/N-ethyl adjacent to an activating group) is 1. The van der Waals surface area contributed by atoms with Gasteiger partial charge in [-0.25, -0.2) is 4.98 Å². The number of phenolic OH excluding ortho intramolecular Hbond substituents is 2. The van der Waals surface area contributed by atoms with Crippen LogP contribution < -0.4 is 15.4 Å². The van der Waals surface area contributed by atoms with Crippen LogP contribution >= 0.6 is 22.7 Å². The molecule has 1 aliphatic heterocycles. The third kappa shape index (κ3) is 13.4. The third-order valence-electron chi connectivity index (χ3n) is 13.2. The van der Waals surface area contributed by atoms with Crippen LogP contribution in [0.1, 0.15) is 113 Å². The quantitative estimate of drug-likeness (QED) is 0.0324. The average molecular weight is 1000 g/mol. The first-order valence-electron chi connectivity index (χ1n) is 24.6. The number of aromatic hydroxyl groups is 2. The number of aryl methyl sites for hydroxylation is 1. The Labute approximate surface area is 424 Å². The lowest BCUT2D eigenvalue weighted by molar-refractivity contribution is -0.144. The number of carbonyl (C=O) groups is 4. The molecular weight excluding hydrogens is 935 g/mol. The van der Waals surface area contributed by atoms with Crippen molar-refractivity contribution in [3.63, 3.8) is 0 Å². The first-order chi connectivity index (χ1) is 34.0. The number of fused-ring (bicyclic) bond motifs is 1. The first-order valence-corrected chi connectivity index (χ1v) is 26.3. The summed E-state index contributed by atoms with van der Waals surface area (Å²) in [6.07, 6.45) is 4.14. The minimum absolute atomic E-state index is 0.0192. The SMILES string of the molecule is CCN(CCCCCCCC(=O)NC(C(=O)N1CC(O)CC1C(=O)NC(C)c1ccc(-c2scnc2C)cc1)C(C)(C)C)CCOc1ccc(C(=O)c2c(-c3ccc(O)cc3)sc3cc(O)ccc23)cc1. The molecule has 2 aromatic heterocycles. The lowest BCUT2D eigenvalue weighted by Crippen LogP contribution is -2.57. The molecule has 4 atom stereocenters. The second-order valence-electron chi connectivity index (χ2n) is 19.6. The van der Waals surface area contributed by atoms with Gasteiger partial charge in [0.05, 0.1) is 28.2 Å². The predicted molar refractivity (Wildman–Crippen MR) is 282 cm³/mol. The number of phenols is 2. The maximum atomic E-state index is 14.1. The molecule has 3 heterocycles. The molecule has 0 radical (unpaired) electrons. The zero-order valence-electron chi connectivity index (χ0n) is 41.6. The number of aromatic nitrogens is 1. The summed E-state index contributed by atoms with van der Waals surface area (Å²) in [7, 11) is 0. The lowest BCUT2D eigenvalue weighted by Gasteiger charge is -2.35. The van der Waals surface area contributed by atoms with E-state index in [9.17, 15) is 34.5 Å². The fraction of sp³-hybridized carbons (Fsp3) is 0.411. The van der Waals surface area contributed by atoms with Crippen molar-refractivity contribution >= 4 is 56.3 Å². The maximum absolute atomic E-state index is 14.1. The number of β-amino-alcohol motifs (C(OH)–C–C–N with tert-alkyl or cyclic N) is 1. The maximum Gasteiger partial charge on any atom is 0.246 e. The molecule has 3 amide bonds. The van der Waals surface area contributed by atoms with E-state index >= 15 is 0 Å². The summed E-state index contributed by atoms with van der Waals surface area (Å²) in [5, 5.41) is 37.4. The number of rotatable bonds is 22. The number of thiazole rings is 1. The number of likely N-dealkylation sites (tertiary alicyclic amines) is 1. The van der Waals surface area contributed by atoms with Gasteiger partial charge in [-0.3, -0.25) is 19.2 Å². The number of carbonyl (C=O) groups excluding carboxylic acids is 4. The van der Waals surface area contributed by atoms with E-state index < -0.39 is 23.6 Å². The van der Waals surface area contributed by atoms with Gasteiger partial charge in [0.25, 0.3) is 0 Å². The summed E-state index contributed by atoms with van der Waals surface area (Å²) >= 11 is 3.01. The predicted octanol–water partition coefficient (Wildman–Crippen LogP) is 10.1. The van der Waals surface area contributed by atoms with Crippen molar-refractivity contribution in [3.8, 4) is 38.1 Å². The monoisotopic (exact) mass is 1000 g/mol. The van der Waals surface area contributed by atoms with Crippen LogP contribution in [0.25, 0.3) is 31.0 Å². The van der Waals surface area contributed by atoms with Gasteiger partial charge in [0.15, 0.2) is 5.78 Å². The van der Waals surface area contributed by atoms with Gasteiger partial charge in [0, 0.05) is 52.0 Å². The van der Waals surface area contributed by atoms with Gasteiger partial charge in [0.1, 0.15) is 35.9 Å². The van der Waals surface area contributed by atoms with E-state index in [1.54, 1.807) is 65.9 Å². The Kier molecular flexibility index (Phi) is 17.7. The molecule has 0 saturated carbocycles. The van der Waals surface area contributed by atoms with Crippen LogP contribution in [0.4, 0.5) is 0 Å². The van der Waals surface area contributed by atoms with Gasteiger partial charge < -0.3 is 40.5 Å². The standard InChI is InChI=1S/C56H67N5O8S2/c1-7-60(29-30-69-44-25-20-38(21-26-44)50(66)49-45-27-24-42(63)32-47(45)71-52(49)40-18-22-41(62)23-19-40)28-12-10-8-9-11-13-48(65)59-53(56(4,5)6)55(68)61-33-43(64)31-46(61)54(67)58-35(2)37-14-16-39(17-15-37)51-36(3)57-34-70-51/h14-27,32,34-35,43,46,53,62-64H,7-13,28-31,33H2,1-6H3,(H,58,67)(H,59,65). The molecular formula is C56H67N5O8S2. The molecule has 71 heavy (non-hydrogen) atoms. The molecule has 5 N–H and O–H groups in total. The molecule has 376 valence electrons.